The summed E-state index contributed by atoms with van der Waals surface area (Å²) in [6.45, 7) is -1.91. The van der Waals surface area contributed by atoms with E-state index in [0.717, 1.165) is 0 Å². The van der Waals surface area contributed by atoms with E-state index < -0.39 is 53.2 Å². The maximum Gasteiger partial charge on any atom is 0.289 e. The standard InChI is InChI=1S/C9H6F7NO/c10-3-2(8(17)9(15,16)1-18)4(11)6(13)7(14)5(3)12/h8,18H,1,17H2/t8-/m1/s1. The Morgan fingerprint density at radius 2 is 1.22 bits per heavy atom. The van der Waals surface area contributed by atoms with Gasteiger partial charge in [-0.1, -0.05) is 0 Å². The van der Waals surface area contributed by atoms with Crippen LogP contribution in [0.3, 0.4) is 0 Å². The molecule has 18 heavy (non-hydrogen) atoms. The predicted molar refractivity (Wildman–Crippen MR) is 45.2 cm³/mol. The van der Waals surface area contributed by atoms with Gasteiger partial charge in [-0.2, -0.15) is 0 Å². The summed E-state index contributed by atoms with van der Waals surface area (Å²) in [6, 6.07) is -2.87. The third-order valence-electron chi connectivity index (χ3n) is 2.22. The van der Waals surface area contributed by atoms with Crippen LogP contribution < -0.4 is 5.73 Å². The highest BCUT2D eigenvalue weighted by molar-refractivity contribution is 5.28. The van der Waals surface area contributed by atoms with E-state index in [2.05, 4.69) is 0 Å². The second-order valence-corrected chi connectivity index (χ2v) is 3.38. The minimum Gasteiger partial charge on any atom is -0.390 e. The van der Waals surface area contributed by atoms with Crippen LogP contribution >= 0.6 is 0 Å². The molecule has 0 fully saturated rings. The summed E-state index contributed by atoms with van der Waals surface area (Å²) in [6.07, 6.45) is 0. The molecule has 0 aliphatic heterocycles. The van der Waals surface area contributed by atoms with Crippen molar-refractivity contribution in [2.45, 2.75) is 12.0 Å². The van der Waals surface area contributed by atoms with Crippen molar-refractivity contribution in [3.63, 3.8) is 0 Å². The summed E-state index contributed by atoms with van der Waals surface area (Å²) < 4.78 is 90.1. The molecule has 0 aliphatic rings. The second-order valence-electron chi connectivity index (χ2n) is 3.38. The molecule has 1 atom stereocenters. The number of rotatable bonds is 3. The number of halogens is 7. The van der Waals surface area contributed by atoms with Crippen molar-refractivity contribution in [2.75, 3.05) is 6.61 Å². The lowest BCUT2D eigenvalue weighted by Gasteiger charge is -2.22. The van der Waals surface area contributed by atoms with Crippen LogP contribution in [0.2, 0.25) is 0 Å². The highest BCUT2D eigenvalue weighted by Crippen LogP contribution is 2.34. The van der Waals surface area contributed by atoms with Crippen LogP contribution in [0.25, 0.3) is 0 Å². The molecule has 9 heteroatoms. The minimum atomic E-state index is -4.24. The van der Waals surface area contributed by atoms with Crippen molar-refractivity contribution in [3.05, 3.63) is 34.6 Å². The molecule has 2 nitrogen and oxygen atoms in total. The maximum atomic E-state index is 13.1. The van der Waals surface area contributed by atoms with Crippen LogP contribution in [-0.4, -0.2) is 17.6 Å². The molecule has 0 unspecified atom stereocenters. The van der Waals surface area contributed by atoms with Gasteiger partial charge in [0.1, 0.15) is 12.6 Å². The lowest BCUT2D eigenvalue weighted by molar-refractivity contribution is -0.0729. The van der Waals surface area contributed by atoms with Crippen LogP contribution in [0.1, 0.15) is 11.6 Å². The molecule has 1 rings (SSSR count). The zero-order chi connectivity index (χ0) is 14.2. The number of hydrogen-bond donors (Lipinski definition) is 2. The average molecular weight is 277 g/mol. The third-order valence-corrected chi connectivity index (χ3v) is 2.22. The van der Waals surface area contributed by atoms with E-state index in [1.165, 1.54) is 0 Å². The number of hydrogen-bond acceptors (Lipinski definition) is 2. The Morgan fingerprint density at radius 1 is 0.889 bits per heavy atom. The van der Waals surface area contributed by atoms with Gasteiger partial charge in [-0.25, -0.2) is 30.7 Å². The molecule has 0 spiro atoms. The molecule has 0 radical (unpaired) electrons. The lowest BCUT2D eigenvalue weighted by Crippen LogP contribution is -2.38. The number of aliphatic hydroxyl groups excluding tert-OH is 1. The first-order valence-electron chi connectivity index (χ1n) is 4.40. The van der Waals surface area contributed by atoms with E-state index in [4.69, 9.17) is 10.8 Å². The molecule has 0 amide bonds. The largest absolute Gasteiger partial charge is 0.390 e. The fourth-order valence-corrected chi connectivity index (χ4v) is 1.20. The molecule has 0 bridgehead atoms. The van der Waals surface area contributed by atoms with Crippen LogP contribution in [0.15, 0.2) is 0 Å². The van der Waals surface area contributed by atoms with Crippen molar-refractivity contribution < 1.29 is 35.8 Å². The van der Waals surface area contributed by atoms with Crippen LogP contribution in [0, 0.1) is 29.1 Å². The molecule has 0 saturated heterocycles. The Hall–Kier alpha value is -1.35. The van der Waals surface area contributed by atoms with E-state index >= 15 is 0 Å². The highest BCUT2D eigenvalue weighted by Gasteiger charge is 2.42. The molecule has 1 aromatic rings. The zero-order valence-electron chi connectivity index (χ0n) is 8.45. The monoisotopic (exact) mass is 277 g/mol. The maximum absolute atomic E-state index is 13.1. The molecule has 0 saturated carbocycles. The topological polar surface area (TPSA) is 46.2 Å². The molecule has 0 heterocycles. The first-order chi connectivity index (χ1) is 8.15. The van der Waals surface area contributed by atoms with E-state index in [0.29, 0.717) is 0 Å². The molecular formula is C9H6F7NO. The van der Waals surface area contributed by atoms with E-state index in [9.17, 15) is 30.7 Å². The molecule has 1 aromatic carbocycles. The Balaban J connectivity index is 3.52. The smallest absolute Gasteiger partial charge is 0.289 e. The summed E-state index contributed by atoms with van der Waals surface area (Å²) in [5.41, 5.74) is 2.86. The van der Waals surface area contributed by atoms with Crippen molar-refractivity contribution in [1.29, 1.82) is 0 Å². The summed E-state index contributed by atoms with van der Waals surface area (Å²) in [5, 5.41) is 8.26. The molecule has 0 aliphatic carbocycles. The SMILES string of the molecule is N[C@H](c1c(F)c(F)c(F)c(F)c1F)C(F)(F)CO. The van der Waals surface area contributed by atoms with Gasteiger partial charge in [0.05, 0.1) is 5.56 Å². The predicted octanol–water partition coefficient (Wildman–Crippen LogP) is 2.01. The highest BCUT2D eigenvalue weighted by atomic mass is 19.3. The van der Waals surface area contributed by atoms with Crippen molar-refractivity contribution in [3.8, 4) is 0 Å². The zero-order valence-corrected chi connectivity index (χ0v) is 8.45. The first-order valence-corrected chi connectivity index (χ1v) is 4.40. The van der Waals surface area contributed by atoms with Crippen LogP contribution in [0.4, 0.5) is 30.7 Å². The molecule has 0 aromatic heterocycles. The van der Waals surface area contributed by atoms with Crippen molar-refractivity contribution >= 4 is 0 Å². The van der Waals surface area contributed by atoms with Gasteiger partial charge in [0.2, 0.25) is 5.82 Å². The second kappa shape index (κ2) is 4.73. The van der Waals surface area contributed by atoms with Gasteiger partial charge < -0.3 is 10.8 Å². The average Bonchev–Trinajstić information content (AvgIpc) is 2.34. The first kappa shape index (κ1) is 14.7. The molecule has 3 N–H and O–H groups in total. The van der Waals surface area contributed by atoms with Gasteiger partial charge >= 0.3 is 0 Å². The fourth-order valence-electron chi connectivity index (χ4n) is 1.20. The number of benzene rings is 1. The van der Waals surface area contributed by atoms with E-state index in [1.54, 1.807) is 0 Å². The number of aliphatic hydroxyl groups is 1. The molecular weight excluding hydrogens is 271 g/mol. The van der Waals surface area contributed by atoms with Gasteiger partial charge in [-0.15, -0.1) is 0 Å². The summed E-state index contributed by atoms with van der Waals surface area (Å²) in [7, 11) is 0. The Labute approximate surface area is 95.8 Å². The normalized spacial score (nSPS) is 13.8. The summed E-state index contributed by atoms with van der Waals surface area (Å²) in [5.74, 6) is -16.4. The lowest BCUT2D eigenvalue weighted by atomic mass is 10.00. The number of alkyl halides is 2. The van der Waals surface area contributed by atoms with Gasteiger partial charge in [-0.3, -0.25) is 0 Å². The summed E-state index contributed by atoms with van der Waals surface area (Å²) >= 11 is 0. The minimum absolute atomic E-state index is 1.87. The van der Waals surface area contributed by atoms with Crippen LogP contribution in [-0.2, 0) is 0 Å². The fraction of sp³-hybridized carbons (Fsp3) is 0.333. The van der Waals surface area contributed by atoms with Gasteiger partial charge in [0.15, 0.2) is 23.3 Å². The van der Waals surface area contributed by atoms with E-state index in [-0.39, 0.29) is 0 Å². The van der Waals surface area contributed by atoms with Crippen molar-refractivity contribution in [1.82, 2.24) is 0 Å². The van der Waals surface area contributed by atoms with Crippen LogP contribution in [0.5, 0.6) is 0 Å². The Kier molecular flexibility index (Phi) is 3.86. The van der Waals surface area contributed by atoms with Gasteiger partial charge in [0, 0.05) is 0 Å². The Bertz CT molecular complexity index is 447. The Morgan fingerprint density at radius 3 is 1.56 bits per heavy atom. The van der Waals surface area contributed by atoms with E-state index in [1.807, 2.05) is 0 Å². The third kappa shape index (κ3) is 2.15. The summed E-state index contributed by atoms with van der Waals surface area (Å²) in [4.78, 5) is 0. The van der Waals surface area contributed by atoms with Crippen molar-refractivity contribution in [2.24, 2.45) is 5.73 Å². The van der Waals surface area contributed by atoms with Gasteiger partial charge in [0.25, 0.3) is 5.92 Å². The van der Waals surface area contributed by atoms with Gasteiger partial charge in [-0.05, 0) is 0 Å². The number of nitrogens with two attached hydrogens (primary N) is 1. The molecule has 102 valence electrons. The quantitative estimate of drug-likeness (QED) is 0.504.